The first-order valence-electron chi connectivity index (χ1n) is 11.5. The van der Waals surface area contributed by atoms with Gasteiger partial charge in [-0.2, -0.15) is 0 Å². The monoisotopic (exact) mass is 512 g/mol. The average molecular weight is 513 g/mol. The van der Waals surface area contributed by atoms with Gasteiger partial charge in [-0.25, -0.2) is 4.98 Å². The molecule has 2 aromatic carbocycles. The Labute approximate surface area is 217 Å². The van der Waals surface area contributed by atoms with E-state index in [9.17, 15) is 4.79 Å². The maximum absolute atomic E-state index is 12.5. The van der Waals surface area contributed by atoms with Crippen LogP contribution in [0.4, 0.5) is 0 Å². The number of amides is 1. The molecule has 36 heavy (non-hydrogen) atoms. The van der Waals surface area contributed by atoms with Crippen molar-refractivity contribution in [1.82, 2.24) is 30.0 Å². The molecule has 0 aliphatic heterocycles. The summed E-state index contributed by atoms with van der Waals surface area (Å²) in [6.45, 7) is 2.46. The first-order chi connectivity index (χ1) is 17.7. The molecule has 3 aromatic heterocycles. The maximum atomic E-state index is 12.5. The second-order valence-corrected chi connectivity index (χ2v) is 9.99. The zero-order chi connectivity index (χ0) is 24.7. The van der Waals surface area contributed by atoms with Crippen LogP contribution in [0.25, 0.3) is 5.69 Å². The van der Waals surface area contributed by atoms with Crippen LogP contribution in [0.1, 0.15) is 38.1 Å². The second kappa shape index (κ2) is 11.3. The fraction of sp³-hybridized carbons (Fsp3) is 0.148. The number of hydrogen-bond acceptors (Lipinski definition) is 7. The predicted octanol–water partition coefficient (Wildman–Crippen LogP) is 5.24. The number of aromatic nitrogens is 5. The quantitative estimate of drug-likeness (QED) is 0.272. The molecule has 7 nitrogen and oxygen atoms in total. The summed E-state index contributed by atoms with van der Waals surface area (Å²) < 4.78 is 2.13. The number of hydrogen-bond donors (Lipinski definition) is 1. The molecule has 180 valence electrons. The molecule has 0 bridgehead atoms. The fourth-order valence-electron chi connectivity index (χ4n) is 3.71. The van der Waals surface area contributed by atoms with E-state index < -0.39 is 0 Å². The fourth-order valence-corrected chi connectivity index (χ4v) is 5.47. The third kappa shape index (κ3) is 5.69. The highest BCUT2D eigenvalue weighted by atomic mass is 32.2. The smallest absolute Gasteiger partial charge is 0.271 e. The molecule has 9 heteroatoms. The van der Waals surface area contributed by atoms with Crippen LogP contribution in [-0.2, 0) is 18.7 Å². The number of nitrogens with one attached hydrogen (secondary N) is 1. The van der Waals surface area contributed by atoms with Crippen LogP contribution < -0.4 is 5.32 Å². The Balaban J connectivity index is 1.31. The number of carbonyl (C=O) groups excluding carboxylic acids is 1. The zero-order valence-corrected chi connectivity index (χ0v) is 21.3. The van der Waals surface area contributed by atoms with Gasteiger partial charge in [0.15, 0.2) is 5.16 Å². The molecule has 1 amide bonds. The van der Waals surface area contributed by atoms with Gasteiger partial charge in [0.1, 0.15) is 16.5 Å². The second-order valence-electron chi connectivity index (χ2n) is 8.10. The van der Waals surface area contributed by atoms with Gasteiger partial charge >= 0.3 is 0 Å². The van der Waals surface area contributed by atoms with Gasteiger partial charge < -0.3 is 5.32 Å². The van der Waals surface area contributed by atoms with E-state index in [-0.39, 0.29) is 5.91 Å². The van der Waals surface area contributed by atoms with Gasteiger partial charge in [-0.05, 0) is 36.2 Å². The zero-order valence-electron chi connectivity index (χ0n) is 19.7. The summed E-state index contributed by atoms with van der Waals surface area (Å²) in [6, 6.07) is 24.1. The van der Waals surface area contributed by atoms with Crippen LogP contribution in [0.15, 0.2) is 89.5 Å². The van der Waals surface area contributed by atoms with Crippen molar-refractivity contribution in [2.45, 2.75) is 30.8 Å². The van der Waals surface area contributed by atoms with Gasteiger partial charge in [-0.15, -0.1) is 21.5 Å². The van der Waals surface area contributed by atoms with Crippen LogP contribution in [-0.4, -0.2) is 30.6 Å². The van der Waals surface area contributed by atoms with Gasteiger partial charge in [0.05, 0.1) is 23.7 Å². The molecular formula is C27H24N6OS2. The Kier molecular flexibility index (Phi) is 7.49. The lowest BCUT2D eigenvalue weighted by atomic mass is 10.1. The molecule has 0 radical (unpaired) electrons. The minimum absolute atomic E-state index is 0.207. The largest absolute Gasteiger partial charge is 0.345 e. The normalized spacial score (nSPS) is 10.9. The van der Waals surface area contributed by atoms with Gasteiger partial charge in [0.2, 0.25) is 0 Å². The van der Waals surface area contributed by atoms with Crippen molar-refractivity contribution < 1.29 is 4.79 Å². The summed E-state index contributed by atoms with van der Waals surface area (Å²) in [5.74, 6) is 1.26. The Bertz CT molecular complexity index is 1450. The molecule has 3 heterocycles. The molecule has 5 rings (SSSR count). The van der Waals surface area contributed by atoms with E-state index in [4.69, 9.17) is 0 Å². The highest BCUT2D eigenvalue weighted by Crippen LogP contribution is 2.28. The van der Waals surface area contributed by atoms with Crippen LogP contribution in [0, 0.1) is 6.92 Å². The highest BCUT2D eigenvalue weighted by molar-refractivity contribution is 7.98. The molecule has 0 saturated carbocycles. The minimum atomic E-state index is -0.207. The average Bonchev–Trinajstić information content (AvgIpc) is 3.55. The van der Waals surface area contributed by atoms with Crippen molar-refractivity contribution in [2.75, 3.05) is 0 Å². The van der Waals surface area contributed by atoms with Crippen LogP contribution in [0.2, 0.25) is 0 Å². The minimum Gasteiger partial charge on any atom is -0.345 e. The SMILES string of the molecule is Cc1ccccc1-n1c(Cc2ccccc2)nnc1SCc1nc(C(=O)NCc2ccccn2)cs1. The standard InChI is InChI=1S/C27H24N6OS2/c1-19-9-5-6-13-23(19)33-24(15-20-10-3-2-4-11-20)31-32-27(33)36-18-25-30-22(17-35-25)26(34)29-16-21-12-7-8-14-28-21/h2-14,17H,15-16,18H2,1H3,(H,29,34). The number of aryl methyl sites for hydroxylation is 1. The molecule has 0 fully saturated rings. The summed E-state index contributed by atoms with van der Waals surface area (Å²) in [7, 11) is 0. The van der Waals surface area contributed by atoms with Crippen LogP contribution in [0.5, 0.6) is 0 Å². The Morgan fingerprint density at radius 1 is 1.00 bits per heavy atom. The van der Waals surface area contributed by atoms with Crippen LogP contribution in [0.3, 0.4) is 0 Å². The lowest BCUT2D eigenvalue weighted by Gasteiger charge is -2.12. The molecule has 0 aliphatic carbocycles. The van der Waals surface area contributed by atoms with E-state index in [0.29, 0.717) is 24.4 Å². The van der Waals surface area contributed by atoms with Crippen molar-refractivity contribution in [2.24, 2.45) is 0 Å². The molecular weight excluding hydrogens is 488 g/mol. The summed E-state index contributed by atoms with van der Waals surface area (Å²) in [5, 5.41) is 15.4. The van der Waals surface area contributed by atoms with E-state index in [1.807, 2.05) is 48.5 Å². The highest BCUT2D eigenvalue weighted by Gasteiger charge is 2.18. The topological polar surface area (TPSA) is 85.6 Å². The molecule has 1 N–H and O–H groups in total. The van der Waals surface area contributed by atoms with Crippen molar-refractivity contribution in [3.05, 3.63) is 118 Å². The number of rotatable bonds is 9. The van der Waals surface area contributed by atoms with E-state index >= 15 is 0 Å². The number of benzene rings is 2. The Hall–Kier alpha value is -3.82. The number of thioether (sulfide) groups is 1. The van der Waals surface area contributed by atoms with Crippen molar-refractivity contribution in [3.63, 3.8) is 0 Å². The summed E-state index contributed by atoms with van der Waals surface area (Å²) in [4.78, 5) is 21.3. The maximum Gasteiger partial charge on any atom is 0.271 e. The Morgan fingerprint density at radius 3 is 2.61 bits per heavy atom. The van der Waals surface area contributed by atoms with Crippen molar-refractivity contribution >= 4 is 29.0 Å². The van der Waals surface area contributed by atoms with E-state index in [1.165, 1.54) is 16.9 Å². The van der Waals surface area contributed by atoms with Crippen molar-refractivity contribution in [1.29, 1.82) is 0 Å². The third-order valence-electron chi connectivity index (χ3n) is 5.53. The van der Waals surface area contributed by atoms with E-state index in [2.05, 4.69) is 61.2 Å². The Morgan fingerprint density at radius 2 is 1.81 bits per heavy atom. The number of para-hydroxylation sites is 1. The van der Waals surface area contributed by atoms with Crippen LogP contribution >= 0.6 is 23.1 Å². The summed E-state index contributed by atoms with van der Waals surface area (Å²) in [5.41, 5.74) is 4.60. The number of thiazole rings is 1. The van der Waals surface area contributed by atoms with Gasteiger partial charge in [-0.1, -0.05) is 66.4 Å². The predicted molar refractivity (Wildman–Crippen MR) is 142 cm³/mol. The summed E-state index contributed by atoms with van der Waals surface area (Å²) >= 11 is 3.03. The molecule has 0 spiro atoms. The molecule has 0 atom stereocenters. The first-order valence-corrected chi connectivity index (χ1v) is 13.3. The van der Waals surface area contributed by atoms with E-state index in [0.717, 1.165) is 32.9 Å². The molecule has 5 aromatic rings. The van der Waals surface area contributed by atoms with Crippen molar-refractivity contribution in [3.8, 4) is 5.69 Å². The number of nitrogens with zero attached hydrogens (tertiary/aromatic N) is 5. The molecule has 0 aliphatic rings. The van der Waals surface area contributed by atoms with Gasteiger partial charge in [0.25, 0.3) is 5.91 Å². The molecule has 0 unspecified atom stereocenters. The number of pyridine rings is 1. The van der Waals surface area contributed by atoms with Gasteiger partial charge in [-0.3, -0.25) is 14.3 Å². The lowest BCUT2D eigenvalue weighted by Crippen LogP contribution is -2.23. The number of carbonyl (C=O) groups is 1. The summed E-state index contributed by atoms with van der Waals surface area (Å²) in [6.07, 6.45) is 2.39. The lowest BCUT2D eigenvalue weighted by molar-refractivity contribution is 0.0946. The van der Waals surface area contributed by atoms with Gasteiger partial charge in [0, 0.05) is 18.0 Å². The molecule has 0 saturated heterocycles. The third-order valence-corrected chi connectivity index (χ3v) is 7.50. The van der Waals surface area contributed by atoms with E-state index in [1.54, 1.807) is 23.3 Å². The first kappa shape index (κ1) is 23.9.